The molecule has 2 N–H and O–H groups in total. The molecule has 0 bridgehead atoms. The van der Waals surface area contributed by atoms with Gasteiger partial charge in [-0.2, -0.15) is 0 Å². The molecule has 6 heteroatoms. The molecule has 24 heavy (non-hydrogen) atoms. The molecule has 0 amide bonds. The van der Waals surface area contributed by atoms with E-state index in [1.165, 1.54) is 5.57 Å². The molecule has 1 aliphatic rings. The topological polar surface area (TPSA) is 83.5 Å². The van der Waals surface area contributed by atoms with Crippen molar-refractivity contribution < 1.29 is 18.3 Å². The normalized spacial score (nSPS) is 18.0. The van der Waals surface area contributed by atoms with Crippen LogP contribution in [0.1, 0.15) is 32.1 Å². The fraction of sp³-hybridized carbons (Fsp3) is 0.389. The monoisotopic (exact) mass is 349 g/mol. The highest BCUT2D eigenvalue weighted by molar-refractivity contribution is 7.89. The molecule has 0 saturated heterocycles. The maximum absolute atomic E-state index is 12.3. The third-order valence-corrected chi connectivity index (χ3v) is 5.50. The van der Waals surface area contributed by atoms with Crippen LogP contribution in [0.5, 0.6) is 0 Å². The zero-order chi connectivity index (χ0) is 17.4. The lowest BCUT2D eigenvalue weighted by Crippen LogP contribution is -2.29. The van der Waals surface area contributed by atoms with Crippen LogP contribution >= 0.6 is 0 Å². The summed E-state index contributed by atoms with van der Waals surface area (Å²) in [6, 6.07) is 8.36. The molecule has 1 aliphatic carbocycles. The van der Waals surface area contributed by atoms with Gasteiger partial charge in [0.05, 0.1) is 4.90 Å². The molecule has 2 rings (SSSR count). The molecule has 1 aromatic carbocycles. The Kier molecular flexibility index (Phi) is 6.75. The van der Waals surface area contributed by atoms with Gasteiger partial charge in [-0.25, -0.2) is 13.1 Å². The Hall–Kier alpha value is -1.92. The van der Waals surface area contributed by atoms with Crippen LogP contribution in [-0.4, -0.2) is 26.0 Å². The van der Waals surface area contributed by atoms with Gasteiger partial charge in [-0.3, -0.25) is 4.79 Å². The van der Waals surface area contributed by atoms with E-state index in [1.54, 1.807) is 30.3 Å². The number of aliphatic carboxylic acids is 1. The van der Waals surface area contributed by atoms with Crippen LogP contribution in [0.2, 0.25) is 0 Å². The van der Waals surface area contributed by atoms with Crippen molar-refractivity contribution in [2.45, 2.75) is 37.0 Å². The third-order valence-electron chi connectivity index (χ3n) is 4.06. The Balaban J connectivity index is 1.84. The number of carboxylic acid groups (broad SMARTS) is 1. The summed E-state index contributed by atoms with van der Waals surface area (Å²) in [4.78, 5) is 10.7. The Labute approximate surface area is 143 Å². The minimum absolute atomic E-state index is 0.135. The number of carbonyl (C=O) groups is 1. The molecule has 0 aliphatic heterocycles. The Morgan fingerprint density at radius 2 is 2.00 bits per heavy atom. The van der Waals surface area contributed by atoms with Crippen LogP contribution in [0.4, 0.5) is 0 Å². The predicted octanol–water partition coefficient (Wildman–Crippen LogP) is 3.11. The van der Waals surface area contributed by atoms with Crippen LogP contribution in [0.3, 0.4) is 0 Å². The summed E-state index contributed by atoms with van der Waals surface area (Å²) in [5.74, 6) is -0.597. The second-order valence-corrected chi connectivity index (χ2v) is 7.59. The van der Waals surface area contributed by atoms with E-state index in [2.05, 4.69) is 10.8 Å². The van der Waals surface area contributed by atoms with Gasteiger partial charge in [0.15, 0.2) is 0 Å². The number of nitrogens with one attached hydrogen (secondary N) is 1. The number of rotatable bonds is 9. The summed E-state index contributed by atoms with van der Waals surface area (Å²) < 4.78 is 27.2. The molecule has 0 unspecified atom stereocenters. The van der Waals surface area contributed by atoms with Crippen molar-refractivity contribution in [2.75, 3.05) is 6.54 Å². The number of allylic oxidation sites excluding steroid dienone is 3. The lowest BCUT2D eigenvalue weighted by molar-refractivity contribution is -0.136. The van der Waals surface area contributed by atoms with Gasteiger partial charge >= 0.3 is 5.97 Å². The van der Waals surface area contributed by atoms with Crippen molar-refractivity contribution >= 4 is 16.0 Å². The maximum Gasteiger partial charge on any atom is 0.303 e. The standard InChI is InChI=1S/C18H23NO4S/c20-18(21)13-6-1-3-8-15-9-7-10-16(15)14-19-24(22,23)17-11-4-2-5-12-17/h1-5,9,11-12,16,19H,6-8,10,13-14H2,(H,20,21)/b3-1-/t16-/m1/s1. The number of hydrogen-bond donors (Lipinski definition) is 2. The number of sulfonamides is 1. The quantitative estimate of drug-likeness (QED) is 0.671. The molecule has 0 radical (unpaired) electrons. The molecule has 0 spiro atoms. The first kappa shape index (κ1) is 18.4. The summed E-state index contributed by atoms with van der Waals surface area (Å²) in [7, 11) is -3.47. The van der Waals surface area contributed by atoms with E-state index in [4.69, 9.17) is 5.11 Å². The van der Waals surface area contributed by atoms with Crippen LogP contribution in [0.25, 0.3) is 0 Å². The summed E-state index contributed by atoms with van der Waals surface area (Å²) >= 11 is 0. The summed E-state index contributed by atoms with van der Waals surface area (Å²) in [5.41, 5.74) is 1.22. The first-order chi connectivity index (χ1) is 11.5. The van der Waals surface area contributed by atoms with Gasteiger partial charge in [-0.1, -0.05) is 42.0 Å². The zero-order valence-corrected chi connectivity index (χ0v) is 14.3. The first-order valence-electron chi connectivity index (χ1n) is 8.09. The van der Waals surface area contributed by atoms with Crippen molar-refractivity contribution in [1.82, 2.24) is 4.72 Å². The van der Waals surface area contributed by atoms with E-state index in [1.807, 2.05) is 12.2 Å². The average Bonchev–Trinajstić information content (AvgIpc) is 3.01. The number of hydrogen-bond acceptors (Lipinski definition) is 3. The van der Waals surface area contributed by atoms with Crippen molar-refractivity contribution in [3.05, 3.63) is 54.1 Å². The second kappa shape index (κ2) is 8.80. The van der Waals surface area contributed by atoms with Gasteiger partial charge in [0, 0.05) is 13.0 Å². The van der Waals surface area contributed by atoms with Crippen molar-refractivity contribution in [2.24, 2.45) is 5.92 Å². The molecule has 0 fully saturated rings. The minimum atomic E-state index is -3.47. The minimum Gasteiger partial charge on any atom is -0.481 e. The highest BCUT2D eigenvalue weighted by atomic mass is 32.2. The van der Waals surface area contributed by atoms with E-state index >= 15 is 0 Å². The average molecular weight is 349 g/mol. The molecule has 5 nitrogen and oxygen atoms in total. The van der Waals surface area contributed by atoms with Gasteiger partial charge < -0.3 is 5.11 Å². The molecule has 1 aromatic rings. The van der Waals surface area contributed by atoms with E-state index in [0.717, 1.165) is 19.3 Å². The van der Waals surface area contributed by atoms with Crippen molar-refractivity contribution in [1.29, 1.82) is 0 Å². The number of carboxylic acids is 1. The molecule has 1 atom stereocenters. The van der Waals surface area contributed by atoms with Crippen LogP contribution < -0.4 is 4.72 Å². The maximum atomic E-state index is 12.3. The molecular formula is C18H23NO4S. The van der Waals surface area contributed by atoms with E-state index < -0.39 is 16.0 Å². The molecule has 0 heterocycles. The van der Waals surface area contributed by atoms with Crippen LogP contribution in [-0.2, 0) is 14.8 Å². The predicted molar refractivity (Wildman–Crippen MR) is 93.1 cm³/mol. The Morgan fingerprint density at radius 3 is 2.71 bits per heavy atom. The highest BCUT2D eigenvalue weighted by Gasteiger charge is 2.21. The summed E-state index contributed by atoms with van der Waals surface area (Å²) in [6.45, 7) is 0.395. The van der Waals surface area contributed by atoms with Gasteiger partial charge in [-0.15, -0.1) is 0 Å². The molecular weight excluding hydrogens is 326 g/mol. The summed E-state index contributed by atoms with van der Waals surface area (Å²) in [6.07, 6.45) is 9.30. The van der Waals surface area contributed by atoms with Crippen molar-refractivity contribution in [3.63, 3.8) is 0 Å². The molecule has 0 saturated carbocycles. The van der Waals surface area contributed by atoms with Crippen LogP contribution in [0, 0.1) is 5.92 Å². The molecule has 130 valence electrons. The van der Waals surface area contributed by atoms with E-state index in [9.17, 15) is 13.2 Å². The number of benzene rings is 1. The van der Waals surface area contributed by atoms with Gasteiger partial charge in [0.2, 0.25) is 10.0 Å². The fourth-order valence-electron chi connectivity index (χ4n) is 2.74. The largest absolute Gasteiger partial charge is 0.481 e. The summed E-state index contributed by atoms with van der Waals surface area (Å²) in [5, 5.41) is 8.60. The smallest absolute Gasteiger partial charge is 0.303 e. The zero-order valence-electron chi connectivity index (χ0n) is 13.5. The van der Waals surface area contributed by atoms with Crippen LogP contribution in [0.15, 0.2) is 59.0 Å². The second-order valence-electron chi connectivity index (χ2n) is 5.83. The molecule has 0 aromatic heterocycles. The lowest BCUT2D eigenvalue weighted by Gasteiger charge is -2.15. The van der Waals surface area contributed by atoms with E-state index in [0.29, 0.717) is 13.0 Å². The lowest BCUT2D eigenvalue weighted by atomic mass is 9.99. The highest BCUT2D eigenvalue weighted by Crippen LogP contribution is 2.28. The van der Waals surface area contributed by atoms with Gasteiger partial charge in [-0.05, 0) is 43.7 Å². The Morgan fingerprint density at radius 1 is 1.25 bits per heavy atom. The third kappa shape index (κ3) is 5.62. The Bertz CT molecular complexity index is 708. The van der Waals surface area contributed by atoms with Gasteiger partial charge in [0.1, 0.15) is 0 Å². The fourth-order valence-corrected chi connectivity index (χ4v) is 3.85. The van der Waals surface area contributed by atoms with Crippen molar-refractivity contribution in [3.8, 4) is 0 Å². The van der Waals surface area contributed by atoms with Gasteiger partial charge in [0.25, 0.3) is 0 Å². The first-order valence-corrected chi connectivity index (χ1v) is 9.58. The SMILES string of the molecule is O=C(O)CC/C=C\CC1=CCC[C@@H]1CNS(=O)(=O)c1ccccc1. The van der Waals surface area contributed by atoms with E-state index in [-0.39, 0.29) is 17.2 Å².